The second-order valence-corrected chi connectivity index (χ2v) is 4.64. The fourth-order valence-corrected chi connectivity index (χ4v) is 1.90. The minimum Gasteiger partial charge on any atom is -0.350 e. The summed E-state index contributed by atoms with van der Waals surface area (Å²) in [6, 6.07) is 15.6. The zero-order valence-electron chi connectivity index (χ0n) is 11.6. The van der Waals surface area contributed by atoms with Gasteiger partial charge in [0.05, 0.1) is 6.07 Å². The van der Waals surface area contributed by atoms with Crippen molar-refractivity contribution in [2.24, 2.45) is 5.92 Å². The lowest BCUT2D eigenvalue weighted by Crippen LogP contribution is -2.34. The lowest BCUT2D eigenvalue weighted by atomic mass is 9.98. The highest BCUT2D eigenvalue weighted by Gasteiger charge is 2.27. The van der Waals surface area contributed by atoms with Gasteiger partial charge in [0.1, 0.15) is 5.82 Å². The van der Waals surface area contributed by atoms with E-state index in [2.05, 4.69) is 5.32 Å². The zero-order chi connectivity index (χ0) is 15.9. The number of Topliss-reactive ketones (excluding diaryl/α,β-unsaturated/α-hetero) is 1. The molecule has 0 heterocycles. The number of halogens is 1. The molecule has 0 saturated heterocycles. The van der Waals surface area contributed by atoms with Gasteiger partial charge in [-0.15, -0.1) is 0 Å². The molecule has 0 spiro atoms. The van der Waals surface area contributed by atoms with Crippen LogP contribution < -0.4 is 5.32 Å². The van der Waals surface area contributed by atoms with Crippen LogP contribution in [0.1, 0.15) is 15.9 Å². The monoisotopic (exact) mass is 296 g/mol. The van der Waals surface area contributed by atoms with Crippen molar-refractivity contribution in [3.8, 4) is 6.07 Å². The molecule has 2 aromatic rings. The minimum absolute atomic E-state index is 0.128. The fraction of sp³-hybridized carbons (Fsp3) is 0.118. The number of amides is 1. The number of ketones is 1. The standard InChI is InChI=1S/C17H13FN2O2/c18-14-8-6-13(7-9-14)16(21)15(10-19)17(22)20-11-12-4-2-1-3-5-12/h1-9,15H,11H2,(H,20,22)/t15-/m1/s1. The van der Waals surface area contributed by atoms with Crippen molar-refractivity contribution in [2.75, 3.05) is 0 Å². The first-order valence-corrected chi connectivity index (χ1v) is 6.63. The topological polar surface area (TPSA) is 70.0 Å². The zero-order valence-corrected chi connectivity index (χ0v) is 11.6. The smallest absolute Gasteiger partial charge is 0.245 e. The minimum atomic E-state index is -1.45. The van der Waals surface area contributed by atoms with Crippen LogP contribution in [0.3, 0.4) is 0 Å². The molecule has 5 heteroatoms. The lowest BCUT2D eigenvalue weighted by Gasteiger charge is -2.09. The Balaban J connectivity index is 2.04. The quantitative estimate of drug-likeness (QED) is 0.680. The van der Waals surface area contributed by atoms with Crippen molar-refractivity contribution in [3.63, 3.8) is 0 Å². The number of nitrogens with zero attached hydrogens (tertiary/aromatic N) is 1. The largest absolute Gasteiger partial charge is 0.350 e. The predicted molar refractivity (Wildman–Crippen MR) is 78.1 cm³/mol. The van der Waals surface area contributed by atoms with E-state index in [0.717, 1.165) is 17.7 Å². The molecule has 4 nitrogen and oxygen atoms in total. The highest BCUT2D eigenvalue weighted by molar-refractivity contribution is 6.12. The Hall–Kier alpha value is -3.00. The summed E-state index contributed by atoms with van der Waals surface area (Å²) in [7, 11) is 0. The molecule has 0 aliphatic carbocycles. The molecule has 0 aliphatic rings. The van der Waals surface area contributed by atoms with E-state index in [1.165, 1.54) is 12.1 Å². The van der Waals surface area contributed by atoms with Crippen LogP contribution in [0.5, 0.6) is 0 Å². The molecular weight excluding hydrogens is 283 g/mol. The van der Waals surface area contributed by atoms with Crippen LogP contribution in [-0.2, 0) is 11.3 Å². The molecule has 0 bridgehead atoms. The van der Waals surface area contributed by atoms with E-state index in [-0.39, 0.29) is 12.1 Å². The van der Waals surface area contributed by atoms with Gasteiger partial charge in [0.15, 0.2) is 11.7 Å². The Morgan fingerprint density at radius 3 is 2.32 bits per heavy atom. The second-order valence-electron chi connectivity index (χ2n) is 4.64. The summed E-state index contributed by atoms with van der Waals surface area (Å²) in [5.41, 5.74) is 0.990. The van der Waals surface area contributed by atoms with Crippen molar-refractivity contribution in [3.05, 3.63) is 71.5 Å². The van der Waals surface area contributed by atoms with Crippen LogP contribution >= 0.6 is 0 Å². The third-order valence-electron chi connectivity index (χ3n) is 3.09. The molecule has 0 saturated carbocycles. The number of nitriles is 1. The van der Waals surface area contributed by atoms with Crippen molar-refractivity contribution in [1.82, 2.24) is 5.32 Å². The lowest BCUT2D eigenvalue weighted by molar-refractivity contribution is -0.122. The number of carbonyl (C=O) groups is 2. The van der Waals surface area contributed by atoms with Crippen LogP contribution in [0.25, 0.3) is 0 Å². The first kappa shape index (κ1) is 15.4. The number of carbonyl (C=O) groups excluding carboxylic acids is 2. The highest BCUT2D eigenvalue weighted by Crippen LogP contribution is 2.11. The van der Waals surface area contributed by atoms with Gasteiger partial charge in [0.2, 0.25) is 5.91 Å². The first-order valence-electron chi connectivity index (χ1n) is 6.63. The Morgan fingerprint density at radius 1 is 1.09 bits per heavy atom. The van der Waals surface area contributed by atoms with Crippen molar-refractivity contribution in [2.45, 2.75) is 6.54 Å². The number of hydrogen-bond donors (Lipinski definition) is 1. The predicted octanol–water partition coefficient (Wildman–Crippen LogP) is 2.46. The third kappa shape index (κ3) is 3.76. The number of hydrogen-bond acceptors (Lipinski definition) is 3. The fourth-order valence-electron chi connectivity index (χ4n) is 1.90. The van der Waals surface area contributed by atoms with Gasteiger partial charge in [-0.2, -0.15) is 5.26 Å². The summed E-state index contributed by atoms with van der Waals surface area (Å²) in [6.07, 6.45) is 0. The van der Waals surface area contributed by atoms with Crippen molar-refractivity contribution in [1.29, 1.82) is 5.26 Å². The molecular formula is C17H13FN2O2. The molecule has 0 aliphatic heterocycles. The molecule has 1 N–H and O–H groups in total. The van der Waals surface area contributed by atoms with E-state index < -0.39 is 23.4 Å². The molecule has 0 fully saturated rings. The van der Waals surface area contributed by atoms with Crippen LogP contribution in [0.2, 0.25) is 0 Å². The van der Waals surface area contributed by atoms with Gasteiger partial charge in [-0.05, 0) is 29.8 Å². The Bertz CT molecular complexity index is 706. The average molecular weight is 296 g/mol. The van der Waals surface area contributed by atoms with Crippen LogP contribution in [0.4, 0.5) is 4.39 Å². The SMILES string of the molecule is N#C[C@@H](C(=O)NCc1ccccc1)C(=O)c1ccc(F)cc1. The Labute approximate surface area is 127 Å². The summed E-state index contributed by atoms with van der Waals surface area (Å²) >= 11 is 0. The van der Waals surface area contributed by atoms with Crippen molar-refractivity contribution < 1.29 is 14.0 Å². The molecule has 1 atom stereocenters. The summed E-state index contributed by atoms with van der Waals surface area (Å²) in [5.74, 6) is -3.25. The maximum Gasteiger partial charge on any atom is 0.245 e. The van der Waals surface area contributed by atoms with E-state index in [4.69, 9.17) is 5.26 Å². The second kappa shape index (κ2) is 7.14. The van der Waals surface area contributed by atoms with E-state index in [1.807, 2.05) is 30.3 Å². The summed E-state index contributed by atoms with van der Waals surface area (Å²) in [6.45, 7) is 0.231. The molecule has 2 rings (SSSR count). The average Bonchev–Trinajstić information content (AvgIpc) is 2.55. The van der Waals surface area contributed by atoms with E-state index in [1.54, 1.807) is 6.07 Å². The molecule has 0 radical (unpaired) electrons. The highest BCUT2D eigenvalue weighted by atomic mass is 19.1. The van der Waals surface area contributed by atoms with E-state index >= 15 is 0 Å². The Morgan fingerprint density at radius 2 is 1.73 bits per heavy atom. The van der Waals surface area contributed by atoms with Gasteiger partial charge >= 0.3 is 0 Å². The van der Waals surface area contributed by atoms with E-state index in [9.17, 15) is 14.0 Å². The normalized spacial score (nSPS) is 11.3. The number of rotatable bonds is 5. The maximum atomic E-state index is 12.8. The van der Waals surface area contributed by atoms with Crippen molar-refractivity contribution >= 4 is 11.7 Å². The first-order chi connectivity index (χ1) is 10.6. The molecule has 0 aromatic heterocycles. The van der Waals surface area contributed by atoms with E-state index in [0.29, 0.717) is 0 Å². The maximum absolute atomic E-state index is 12.8. The summed E-state index contributed by atoms with van der Waals surface area (Å²) in [4.78, 5) is 24.1. The molecule has 0 unspecified atom stereocenters. The van der Waals surface area contributed by atoms with Gasteiger partial charge < -0.3 is 5.32 Å². The van der Waals surface area contributed by atoms with Crippen LogP contribution in [-0.4, -0.2) is 11.7 Å². The van der Waals surface area contributed by atoms with Gasteiger partial charge in [0.25, 0.3) is 0 Å². The van der Waals surface area contributed by atoms with Gasteiger partial charge in [-0.3, -0.25) is 9.59 Å². The van der Waals surface area contributed by atoms with Gasteiger partial charge in [-0.1, -0.05) is 30.3 Å². The molecule has 1 amide bonds. The third-order valence-corrected chi connectivity index (χ3v) is 3.09. The molecule has 2 aromatic carbocycles. The van der Waals surface area contributed by atoms with Crippen LogP contribution in [0, 0.1) is 23.1 Å². The summed E-state index contributed by atoms with van der Waals surface area (Å²) < 4.78 is 12.8. The molecule has 22 heavy (non-hydrogen) atoms. The number of benzene rings is 2. The number of nitrogens with one attached hydrogen (secondary N) is 1. The van der Waals surface area contributed by atoms with Gasteiger partial charge in [-0.25, -0.2) is 4.39 Å². The van der Waals surface area contributed by atoms with Crippen LogP contribution in [0.15, 0.2) is 54.6 Å². The Kier molecular flexibility index (Phi) is 4.99. The summed E-state index contributed by atoms with van der Waals surface area (Å²) in [5, 5.41) is 11.6. The molecule has 110 valence electrons. The van der Waals surface area contributed by atoms with Gasteiger partial charge in [0, 0.05) is 12.1 Å².